The lowest BCUT2D eigenvalue weighted by Crippen LogP contribution is -2.27. The van der Waals surface area contributed by atoms with Gasteiger partial charge in [-0.2, -0.15) is 0 Å². The second kappa shape index (κ2) is 12.8. The van der Waals surface area contributed by atoms with Crippen LogP contribution in [0.1, 0.15) is 19.8 Å². The Hall–Kier alpha value is -3.27. The summed E-state index contributed by atoms with van der Waals surface area (Å²) in [6, 6.07) is 7.92. The zero-order valence-electron chi connectivity index (χ0n) is 21.0. The molecule has 0 aliphatic heterocycles. The smallest absolute Gasteiger partial charge is 0.248 e. The molecule has 8 nitrogen and oxygen atoms in total. The summed E-state index contributed by atoms with van der Waals surface area (Å²) in [6.45, 7) is 5.56. The van der Waals surface area contributed by atoms with E-state index in [0.29, 0.717) is 59.5 Å². The highest BCUT2D eigenvalue weighted by atomic mass is 35.5. The van der Waals surface area contributed by atoms with Gasteiger partial charge in [0.05, 0.1) is 29.4 Å². The quantitative estimate of drug-likeness (QED) is 0.287. The van der Waals surface area contributed by atoms with Gasteiger partial charge in [0.25, 0.3) is 0 Å². The number of hydrogen-bond acceptors (Lipinski definition) is 7. The normalized spacial score (nSPS) is 13.4. The first-order chi connectivity index (χ1) is 18.0. The van der Waals surface area contributed by atoms with Crippen LogP contribution in [0, 0.1) is 11.7 Å². The van der Waals surface area contributed by atoms with Crippen LogP contribution in [0.2, 0.25) is 5.02 Å². The van der Waals surface area contributed by atoms with Crippen molar-refractivity contribution >= 4 is 45.6 Å². The van der Waals surface area contributed by atoms with Crippen molar-refractivity contribution in [2.45, 2.75) is 19.8 Å². The van der Waals surface area contributed by atoms with Crippen molar-refractivity contribution in [2.75, 3.05) is 50.6 Å². The molecular formula is C27H31ClFN5O3. The molecule has 1 heterocycles. The fourth-order valence-corrected chi connectivity index (χ4v) is 3.87. The summed E-state index contributed by atoms with van der Waals surface area (Å²) in [5, 5.41) is 6.77. The molecule has 10 heteroatoms. The Morgan fingerprint density at radius 3 is 2.84 bits per heavy atom. The number of hydrogen-bond donors (Lipinski definition) is 2. The molecule has 0 atom stereocenters. The van der Waals surface area contributed by atoms with Gasteiger partial charge >= 0.3 is 0 Å². The van der Waals surface area contributed by atoms with Crippen LogP contribution in [0.4, 0.5) is 21.6 Å². The first-order valence-corrected chi connectivity index (χ1v) is 12.7. The standard InChI is InChI=1S/C27H31ClFN5O3/c1-3-34(11-12-36-2)10-4-5-26(35)33-24-14-20-23(15-25(24)37-16-18-6-7-18)30-17-31-27(20)32-19-8-9-22(29)21(28)13-19/h4-5,8-9,13-15,17-18H,3,6-7,10-12,16H2,1-2H3,(H,33,35)(H,30,31,32). The third kappa shape index (κ3) is 7.61. The first-order valence-electron chi connectivity index (χ1n) is 12.3. The summed E-state index contributed by atoms with van der Waals surface area (Å²) in [6.07, 6.45) is 7.07. The van der Waals surface area contributed by atoms with Gasteiger partial charge in [-0.3, -0.25) is 9.69 Å². The number of methoxy groups -OCH3 is 1. The van der Waals surface area contributed by atoms with Crippen molar-refractivity contribution in [3.05, 3.63) is 59.7 Å². The van der Waals surface area contributed by atoms with Crippen LogP contribution in [0.3, 0.4) is 0 Å². The van der Waals surface area contributed by atoms with E-state index in [2.05, 4.69) is 32.4 Å². The Balaban J connectivity index is 1.57. The highest BCUT2D eigenvalue weighted by molar-refractivity contribution is 6.31. The molecule has 1 fully saturated rings. The van der Waals surface area contributed by atoms with Gasteiger partial charge in [0.1, 0.15) is 23.7 Å². The van der Waals surface area contributed by atoms with E-state index in [-0.39, 0.29) is 10.9 Å². The SMILES string of the molecule is CCN(CC=CC(=O)Nc1cc2c(Nc3ccc(F)c(Cl)c3)ncnc2cc1OCC1CC1)CCOC. The number of aromatic nitrogens is 2. The van der Waals surface area contributed by atoms with E-state index < -0.39 is 5.82 Å². The van der Waals surface area contributed by atoms with Gasteiger partial charge in [-0.15, -0.1) is 0 Å². The molecule has 0 radical (unpaired) electrons. The second-order valence-corrected chi connectivity index (χ2v) is 9.28. The molecule has 1 amide bonds. The van der Waals surface area contributed by atoms with E-state index in [9.17, 15) is 9.18 Å². The van der Waals surface area contributed by atoms with Crippen molar-refractivity contribution in [1.82, 2.24) is 14.9 Å². The summed E-state index contributed by atoms with van der Waals surface area (Å²) in [5.74, 6) is 0.804. The van der Waals surface area contributed by atoms with E-state index in [1.165, 1.54) is 24.5 Å². The maximum Gasteiger partial charge on any atom is 0.248 e. The minimum atomic E-state index is -0.504. The van der Waals surface area contributed by atoms with Crippen LogP contribution in [0.25, 0.3) is 10.9 Å². The van der Waals surface area contributed by atoms with Gasteiger partial charge < -0.3 is 20.1 Å². The molecule has 0 unspecified atom stereocenters. The molecule has 1 aliphatic rings. The molecule has 2 aromatic carbocycles. The predicted molar refractivity (Wildman–Crippen MR) is 144 cm³/mol. The van der Waals surface area contributed by atoms with Crippen molar-refractivity contribution in [1.29, 1.82) is 0 Å². The Kier molecular flexibility index (Phi) is 9.27. The van der Waals surface area contributed by atoms with E-state index in [1.54, 1.807) is 25.3 Å². The zero-order valence-corrected chi connectivity index (χ0v) is 21.7. The third-order valence-corrected chi connectivity index (χ3v) is 6.33. The highest BCUT2D eigenvalue weighted by Gasteiger charge is 2.23. The average molecular weight is 528 g/mol. The fraction of sp³-hybridized carbons (Fsp3) is 0.370. The van der Waals surface area contributed by atoms with Crippen molar-refractivity contribution in [2.24, 2.45) is 5.92 Å². The number of carbonyl (C=O) groups is 1. The van der Waals surface area contributed by atoms with Crippen LogP contribution in [-0.4, -0.2) is 60.7 Å². The maximum absolute atomic E-state index is 13.6. The van der Waals surface area contributed by atoms with Gasteiger partial charge in [0.2, 0.25) is 5.91 Å². The van der Waals surface area contributed by atoms with Crippen molar-refractivity contribution in [3.8, 4) is 5.75 Å². The van der Waals surface area contributed by atoms with E-state index in [4.69, 9.17) is 21.1 Å². The number of likely N-dealkylation sites (N-methyl/N-ethyl adjacent to an activating group) is 1. The lowest BCUT2D eigenvalue weighted by atomic mass is 10.1. The number of nitrogens with one attached hydrogen (secondary N) is 2. The second-order valence-electron chi connectivity index (χ2n) is 8.87. The van der Waals surface area contributed by atoms with Crippen LogP contribution in [0.15, 0.2) is 48.8 Å². The van der Waals surface area contributed by atoms with Crippen molar-refractivity contribution in [3.63, 3.8) is 0 Å². The molecular weight excluding hydrogens is 497 g/mol. The van der Waals surface area contributed by atoms with Crippen LogP contribution >= 0.6 is 11.6 Å². The van der Waals surface area contributed by atoms with Crippen LogP contribution in [0.5, 0.6) is 5.75 Å². The third-order valence-electron chi connectivity index (χ3n) is 6.04. The van der Waals surface area contributed by atoms with Crippen LogP contribution in [-0.2, 0) is 9.53 Å². The predicted octanol–water partition coefficient (Wildman–Crippen LogP) is 5.42. The average Bonchev–Trinajstić information content (AvgIpc) is 3.72. The van der Waals surface area contributed by atoms with Gasteiger partial charge in [-0.1, -0.05) is 24.6 Å². The summed E-state index contributed by atoms with van der Waals surface area (Å²) in [5.41, 5.74) is 1.73. The number of ether oxygens (including phenoxy) is 2. The summed E-state index contributed by atoms with van der Waals surface area (Å²) >= 11 is 5.93. The minimum absolute atomic E-state index is 0.00252. The Bertz CT molecular complexity index is 1270. The monoisotopic (exact) mass is 527 g/mol. The molecule has 0 saturated heterocycles. The highest BCUT2D eigenvalue weighted by Crippen LogP contribution is 2.36. The lowest BCUT2D eigenvalue weighted by Gasteiger charge is -2.17. The number of rotatable bonds is 13. The molecule has 37 heavy (non-hydrogen) atoms. The topological polar surface area (TPSA) is 88.6 Å². The molecule has 3 aromatic rings. The van der Waals surface area contributed by atoms with Gasteiger partial charge in [0, 0.05) is 43.4 Å². The van der Waals surface area contributed by atoms with E-state index >= 15 is 0 Å². The molecule has 1 aliphatic carbocycles. The number of benzene rings is 2. The van der Waals surface area contributed by atoms with E-state index in [1.807, 2.05) is 6.08 Å². The number of nitrogens with zero attached hydrogens (tertiary/aromatic N) is 3. The zero-order chi connectivity index (χ0) is 26.2. The Labute approximate surface area is 220 Å². The van der Waals surface area contributed by atoms with Gasteiger partial charge in [0.15, 0.2) is 0 Å². The Morgan fingerprint density at radius 2 is 2.11 bits per heavy atom. The molecule has 196 valence electrons. The molecule has 4 rings (SSSR count). The van der Waals surface area contributed by atoms with Crippen LogP contribution < -0.4 is 15.4 Å². The minimum Gasteiger partial charge on any atom is -0.491 e. The number of amides is 1. The molecule has 1 saturated carbocycles. The van der Waals surface area contributed by atoms with Gasteiger partial charge in [-0.05, 0) is 49.6 Å². The fourth-order valence-electron chi connectivity index (χ4n) is 3.69. The van der Waals surface area contributed by atoms with Crippen molar-refractivity contribution < 1.29 is 18.7 Å². The molecule has 0 spiro atoms. The first kappa shape index (κ1) is 26.8. The largest absolute Gasteiger partial charge is 0.491 e. The lowest BCUT2D eigenvalue weighted by molar-refractivity contribution is -0.111. The van der Waals surface area contributed by atoms with Gasteiger partial charge in [-0.25, -0.2) is 14.4 Å². The number of fused-ring (bicyclic) bond motifs is 1. The molecule has 2 N–H and O–H groups in total. The Morgan fingerprint density at radius 1 is 1.27 bits per heavy atom. The number of anilines is 3. The number of carbonyl (C=O) groups excluding carboxylic acids is 1. The van der Waals surface area contributed by atoms with E-state index in [0.717, 1.165) is 25.9 Å². The molecule has 0 bridgehead atoms. The number of halogens is 2. The molecule has 1 aromatic heterocycles. The summed E-state index contributed by atoms with van der Waals surface area (Å²) < 4.78 is 24.8. The maximum atomic E-state index is 13.6. The summed E-state index contributed by atoms with van der Waals surface area (Å²) in [4.78, 5) is 23.7. The summed E-state index contributed by atoms with van der Waals surface area (Å²) in [7, 11) is 1.67.